The molecule has 5 heteroatoms. The molecular formula is C17H13BrClFN2. The van der Waals surface area contributed by atoms with Crippen LogP contribution in [0.5, 0.6) is 0 Å². The molecule has 0 spiro atoms. The normalized spacial score (nSPS) is 11.0. The van der Waals surface area contributed by atoms with Gasteiger partial charge in [-0.25, -0.2) is 9.07 Å². The van der Waals surface area contributed by atoms with Crippen LogP contribution >= 0.6 is 27.5 Å². The number of hydrogen-bond acceptors (Lipinski definition) is 1. The molecule has 0 saturated carbocycles. The maximum absolute atomic E-state index is 13.1. The van der Waals surface area contributed by atoms with Crippen LogP contribution < -0.4 is 0 Å². The van der Waals surface area contributed by atoms with Gasteiger partial charge in [0.25, 0.3) is 0 Å². The van der Waals surface area contributed by atoms with Gasteiger partial charge >= 0.3 is 0 Å². The van der Waals surface area contributed by atoms with Crippen molar-refractivity contribution >= 4 is 27.5 Å². The van der Waals surface area contributed by atoms with Crippen LogP contribution in [0.2, 0.25) is 5.02 Å². The lowest BCUT2D eigenvalue weighted by atomic mass is 10.0. The number of aryl methyl sites for hydroxylation is 1. The molecule has 0 aliphatic carbocycles. The van der Waals surface area contributed by atoms with Crippen molar-refractivity contribution in [3.8, 4) is 16.8 Å². The van der Waals surface area contributed by atoms with Gasteiger partial charge in [0.2, 0.25) is 0 Å². The Hall–Kier alpha value is -1.65. The second-order valence-corrected chi connectivity index (χ2v) is 6.32. The fraction of sp³-hybridized carbons (Fsp3) is 0.118. The van der Waals surface area contributed by atoms with Gasteiger partial charge in [0, 0.05) is 15.7 Å². The molecule has 0 aliphatic heterocycles. The van der Waals surface area contributed by atoms with Crippen LogP contribution in [0, 0.1) is 19.7 Å². The molecule has 112 valence electrons. The first-order valence-electron chi connectivity index (χ1n) is 6.75. The van der Waals surface area contributed by atoms with E-state index in [1.54, 1.807) is 12.1 Å². The van der Waals surface area contributed by atoms with Gasteiger partial charge in [0.15, 0.2) is 0 Å². The SMILES string of the molecule is Cc1nn(-c2ccc(Br)c(Cl)c2)c(C)c1-c1ccc(F)cc1. The van der Waals surface area contributed by atoms with Gasteiger partial charge in [-0.3, -0.25) is 0 Å². The van der Waals surface area contributed by atoms with Crippen molar-refractivity contribution in [2.75, 3.05) is 0 Å². The second kappa shape index (κ2) is 5.86. The zero-order valence-corrected chi connectivity index (χ0v) is 14.4. The Morgan fingerprint density at radius 2 is 1.77 bits per heavy atom. The summed E-state index contributed by atoms with van der Waals surface area (Å²) in [5, 5.41) is 5.23. The average Bonchev–Trinajstić information content (AvgIpc) is 2.78. The van der Waals surface area contributed by atoms with Crippen molar-refractivity contribution < 1.29 is 4.39 Å². The molecule has 0 unspecified atom stereocenters. The van der Waals surface area contributed by atoms with Crippen molar-refractivity contribution in [2.24, 2.45) is 0 Å². The van der Waals surface area contributed by atoms with Crippen molar-refractivity contribution in [1.82, 2.24) is 9.78 Å². The molecule has 0 aliphatic rings. The van der Waals surface area contributed by atoms with Crippen molar-refractivity contribution in [1.29, 1.82) is 0 Å². The van der Waals surface area contributed by atoms with Gasteiger partial charge in [0.1, 0.15) is 5.82 Å². The van der Waals surface area contributed by atoms with Gasteiger partial charge in [0.05, 0.1) is 16.4 Å². The molecule has 0 bridgehead atoms. The molecule has 2 nitrogen and oxygen atoms in total. The van der Waals surface area contributed by atoms with E-state index < -0.39 is 0 Å². The predicted octanol–water partition coefficient (Wildman–Crippen LogP) is 5.71. The summed E-state index contributed by atoms with van der Waals surface area (Å²) in [5.74, 6) is -0.244. The molecule has 0 amide bonds. The van der Waals surface area contributed by atoms with Crippen LogP contribution in [0.4, 0.5) is 4.39 Å². The van der Waals surface area contributed by atoms with Crippen LogP contribution in [0.3, 0.4) is 0 Å². The Bertz CT molecular complexity index is 841. The standard InChI is InChI=1S/C17H13BrClFN2/c1-10-17(12-3-5-13(20)6-4-12)11(2)22(21-10)14-7-8-15(18)16(19)9-14/h3-9H,1-2H3. The van der Waals surface area contributed by atoms with Crippen LogP contribution in [0.1, 0.15) is 11.4 Å². The lowest BCUT2D eigenvalue weighted by Crippen LogP contribution is -1.99. The Labute approximate surface area is 141 Å². The highest BCUT2D eigenvalue weighted by molar-refractivity contribution is 9.10. The van der Waals surface area contributed by atoms with Crippen molar-refractivity contribution in [3.05, 3.63) is 69.2 Å². The predicted molar refractivity (Wildman–Crippen MR) is 91.1 cm³/mol. The van der Waals surface area contributed by atoms with Gasteiger partial charge < -0.3 is 0 Å². The number of nitrogens with zero attached hydrogens (tertiary/aromatic N) is 2. The van der Waals surface area contributed by atoms with Gasteiger partial charge in [-0.1, -0.05) is 23.7 Å². The molecule has 1 heterocycles. The molecule has 0 radical (unpaired) electrons. The number of aromatic nitrogens is 2. The number of hydrogen-bond donors (Lipinski definition) is 0. The lowest BCUT2D eigenvalue weighted by Gasteiger charge is -2.07. The Balaban J connectivity index is 2.14. The molecule has 3 rings (SSSR count). The number of benzene rings is 2. The van der Waals surface area contributed by atoms with Gasteiger partial charge in [-0.05, 0) is 65.7 Å². The fourth-order valence-electron chi connectivity index (χ4n) is 2.55. The molecule has 2 aromatic carbocycles. The van der Waals surface area contributed by atoms with Gasteiger partial charge in [-0.2, -0.15) is 5.10 Å². The zero-order valence-electron chi connectivity index (χ0n) is 12.1. The maximum atomic E-state index is 13.1. The summed E-state index contributed by atoms with van der Waals surface area (Å²) in [5.41, 5.74) is 4.73. The quantitative estimate of drug-likeness (QED) is 0.557. The first-order valence-corrected chi connectivity index (χ1v) is 7.92. The number of halogens is 3. The molecule has 0 atom stereocenters. The summed E-state index contributed by atoms with van der Waals surface area (Å²) in [7, 11) is 0. The summed E-state index contributed by atoms with van der Waals surface area (Å²) in [6, 6.07) is 12.2. The van der Waals surface area contributed by atoms with Gasteiger partial charge in [-0.15, -0.1) is 0 Å². The molecule has 22 heavy (non-hydrogen) atoms. The van der Waals surface area contributed by atoms with E-state index >= 15 is 0 Å². The highest BCUT2D eigenvalue weighted by Gasteiger charge is 2.15. The van der Waals surface area contributed by atoms with Crippen molar-refractivity contribution in [3.63, 3.8) is 0 Å². The van der Waals surface area contributed by atoms with E-state index in [2.05, 4.69) is 21.0 Å². The first kappa shape index (κ1) is 15.3. The maximum Gasteiger partial charge on any atom is 0.123 e. The third kappa shape index (κ3) is 2.69. The van der Waals surface area contributed by atoms with E-state index in [0.29, 0.717) is 5.02 Å². The third-order valence-corrected chi connectivity index (χ3v) is 4.80. The molecular weight excluding hydrogens is 367 g/mol. The summed E-state index contributed by atoms with van der Waals surface area (Å²) in [4.78, 5) is 0. The smallest absolute Gasteiger partial charge is 0.123 e. The zero-order chi connectivity index (χ0) is 15.9. The van der Waals surface area contributed by atoms with Crippen LogP contribution in [0.15, 0.2) is 46.9 Å². The van der Waals surface area contributed by atoms with Crippen LogP contribution in [0.25, 0.3) is 16.8 Å². The fourth-order valence-corrected chi connectivity index (χ4v) is 2.97. The minimum atomic E-state index is -0.244. The molecule has 0 fully saturated rings. The van der Waals surface area contributed by atoms with Crippen LogP contribution in [-0.2, 0) is 0 Å². The minimum absolute atomic E-state index is 0.244. The first-order chi connectivity index (χ1) is 10.5. The van der Waals surface area contributed by atoms with E-state index in [1.807, 2.05) is 36.7 Å². The van der Waals surface area contributed by atoms with E-state index in [0.717, 1.165) is 32.7 Å². The third-order valence-electron chi connectivity index (χ3n) is 3.57. The monoisotopic (exact) mass is 378 g/mol. The Morgan fingerprint density at radius 1 is 1.09 bits per heavy atom. The molecule has 1 aromatic heterocycles. The van der Waals surface area contributed by atoms with Crippen LogP contribution in [-0.4, -0.2) is 9.78 Å². The average molecular weight is 380 g/mol. The van der Waals surface area contributed by atoms with E-state index in [1.165, 1.54) is 12.1 Å². The topological polar surface area (TPSA) is 17.8 Å². The summed E-state index contributed by atoms with van der Waals surface area (Å²) >= 11 is 9.55. The summed E-state index contributed by atoms with van der Waals surface area (Å²) in [6.45, 7) is 3.94. The summed E-state index contributed by atoms with van der Waals surface area (Å²) in [6.07, 6.45) is 0. The minimum Gasteiger partial charge on any atom is -0.237 e. The summed E-state index contributed by atoms with van der Waals surface area (Å²) < 4.78 is 15.8. The van der Waals surface area contributed by atoms with E-state index in [9.17, 15) is 4.39 Å². The highest BCUT2D eigenvalue weighted by Crippen LogP contribution is 2.31. The Morgan fingerprint density at radius 3 is 2.41 bits per heavy atom. The molecule has 0 saturated heterocycles. The van der Waals surface area contributed by atoms with E-state index in [-0.39, 0.29) is 5.82 Å². The highest BCUT2D eigenvalue weighted by atomic mass is 79.9. The lowest BCUT2D eigenvalue weighted by molar-refractivity contribution is 0.628. The molecule has 0 N–H and O–H groups in total. The second-order valence-electron chi connectivity index (χ2n) is 5.06. The van der Waals surface area contributed by atoms with E-state index in [4.69, 9.17) is 11.6 Å². The molecule has 3 aromatic rings. The number of rotatable bonds is 2. The largest absolute Gasteiger partial charge is 0.237 e. The van der Waals surface area contributed by atoms with Crippen molar-refractivity contribution in [2.45, 2.75) is 13.8 Å². The Kier molecular flexibility index (Phi) is 4.06.